The lowest BCUT2D eigenvalue weighted by atomic mass is 9.96. The van der Waals surface area contributed by atoms with Crippen LogP contribution in [-0.2, 0) is 32.0 Å². The molecule has 0 saturated heterocycles. The summed E-state index contributed by atoms with van der Waals surface area (Å²) in [7, 11) is 1.65. The summed E-state index contributed by atoms with van der Waals surface area (Å²) in [5, 5.41) is 16.5. The molecule has 0 fully saturated rings. The number of carbonyl (C=O) groups is 3. The molecule has 3 atom stereocenters. The fraction of sp³-hybridized carbons (Fsp3) is 0.417. The third-order valence-corrected chi connectivity index (χ3v) is 7.59. The highest BCUT2D eigenvalue weighted by Gasteiger charge is 2.28. The van der Waals surface area contributed by atoms with Gasteiger partial charge in [0.15, 0.2) is 5.78 Å². The molecule has 0 radical (unpaired) electrons. The van der Waals surface area contributed by atoms with Crippen molar-refractivity contribution in [2.75, 3.05) is 20.2 Å². The first-order valence-corrected chi connectivity index (χ1v) is 15.2. The lowest BCUT2D eigenvalue weighted by molar-refractivity contribution is -0.141. The van der Waals surface area contributed by atoms with Crippen LogP contribution in [-0.4, -0.2) is 71.6 Å². The molecule has 0 aliphatic carbocycles. The highest BCUT2D eigenvalue weighted by molar-refractivity contribution is 5.94. The summed E-state index contributed by atoms with van der Waals surface area (Å²) in [5.74, 6) is -0.798. The van der Waals surface area contributed by atoms with Gasteiger partial charge in [0, 0.05) is 32.0 Å². The van der Waals surface area contributed by atoms with E-state index in [9.17, 15) is 19.5 Å². The summed E-state index contributed by atoms with van der Waals surface area (Å²) in [6.45, 7) is 5.32. The van der Waals surface area contributed by atoms with Crippen LogP contribution in [0.2, 0.25) is 0 Å². The number of hydrogen-bond acceptors (Lipinski definition) is 7. The molecule has 3 rings (SSSR count). The zero-order valence-corrected chi connectivity index (χ0v) is 26.4. The first-order chi connectivity index (χ1) is 20.9. The van der Waals surface area contributed by atoms with Crippen molar-refractivity contribution in [2.24, 2.45) is 5.73 Å². The van der Waals surface area contributed by atoms with Crippen molar-refractivity contribution >= 4 is 28.4 Å². The second-order valence-electron chi connectivity index (χ2n) is 12.1. The Hall–Kier alpha value is -3.85. The Bertz CT molecular complexity index is 1400. The van der Waals surface area contributed by atoms with Crippen molar-refractivity contribution < 1.29 is 24.2 Å². The van der Waals surface area contributed by atoms with Crippen LogP contribution < -0.4 is 11.1 Å². The molecule has 0 aromatic heterocycles. The van der Waals surface area contributed by atoms with E-state index in [1.54, 1.807) is 13.1 Å². The van der Waals surface area contributed by atoms with Gasteiger partial charge in [0.25, 0.3) is 0 Å². The van der Waals surface area contributed by atoms with Gasteiger partial charge in [-0.1, -0.05) is 78.9 Å². The number of ketones is 1. The molecule has 8 heteroatoms. The summed E-state index contributed by atoms with van der Waals surface area (Å²) in [4.78, 5) is 39.7. The largest absolute Gasteiger partial charge is 0.466 e. The fourth-order valence-corrected chi connectivity index (χ4v) is 5.06. The maximum Gasteiger partial charge on any atom is 0.302 e. The van der Waals surface area contributed by atoms with Gasteiger partial charge in [-0.15, -0.1) is 0 Å². The van der Waals surface area contributed by atoms with Gasteiger partial charge >= 0.3 is 5.97 Å². The molecule has 0 spiro atoms. The van der Waals surface area contributed by atoms with Gasteiger partial charge in [-0.3, -0.25) is 14.4 Å². The Balaban J connectivity index is 1.79. The SMILES string of the molecule is CC(=O)OCCCC(O)[C@@H](Cc1ccccc1)NCC(=O)[C@@H](Cc1ccc2ccccc2c1)N(C)C(=O)C=CCC(C)(C)N. The van der Waals surface area contributed by atoms with E-state index in [4.69, 9.17) is 10.5 Å². The summed E-state index contributed by atoms with van der Waals surface area (Å²) in [6, 6.07) is 22.7. The predicted octanol–water partition coefficient (Wildman–Crippen LogP) is 4.37. The lowest BCUT2D eigenvalue weighted by Gasteiger charge is -2.29. The number of rotatable bonds is 17. The summed E-state index contributed by atoms with van der Waals surface area (Å²) in [6.07, 6.45) is 4.71. The number of benzene rings is 3. The number of nitrogens with two attached hydrogens (primary N) is 1. The van der Waals surface area contributed by atoms with E-state index in [1.807, 2.05) is 80.6 Å². The Kier molecular flexibility index (Phi) is 13.3. The molecule has 0 saturated carbocycles. The molecular weight excluding hydrogens is 554 g/mol. The summed E-state index contributed by atoms with van der Waals surface area (Å²) in [5.41, 5.74) is 7.58. The molecule has 44 heavy (non-hydrogen) atoms. The maximum absolute atomic E-state index is 13.9. The quantitative estimate of drug-likeness (QED) is 0.119. The van der Waals surface area contributed by atoms with Gasteiger partial charge in [-0.05, 0) is 67.5 Å². The van der Waals surface area contributed by atoms with Crippen LogP contribution in [0.5, 0.6) is 0 Å². The minimum absolute atomic E-state index is 0.0338. The Morgan fingerprint density at radius 3 is 2.34 bits per heavy atom. The Morgan fingerprint density at radius 1 is 0.977 bits per heavy atom. The molecule has 0 heterocycles. The number of hydrogen-bond donors (Lipinski definition) is 3. The second kappa shape index (κ2) is 16.9. The van der Waals surface area contributed by atoms with E-state index < -0.39 is 23.7 Å². The zero-order chi connectivity index (χ0) is 32.1. The van der Waals surface area contributed by atoms with E-state index in [2.05, 4.69) is 11.4 Å². The van der Waals surface area contributed by atoms with Gasteiger partial charge in [-0.2, -0.15) is 0 Å². The Labute approximate surface area is 261 Å². The zero-order valence-electron chi connectivity index (χ0n) is 26.4. The maximum atomic E-state index is 13.9. The lowest BCUT2D eigenvalue weighted by Crippen LogP contribution is -2.50. The van der Waals surface area contributed by atoms with Gasteiger partial charge < -0.3 is 25.8 Å². The van der Waals surface area contributed by atoms with E-state index in [0.717, 1.165) is 21.9 Å². The van der Waals surface area contributed by atoms with Crippen molar-refractivity contribution in [1.29, 1.82) is 0 Å². The van der Waals surface area contributed by atoms with E-state index in [0.29, 0.717) is 32.1 Å². The Morgan fingerprint density at radius 2 is 1.66 bits per heavy atom. The minimum Gasteiger partial charge on any atom is -0.466 e. The first-order valence-electron chi connectivity index (χ1n) is 15.2. The van der Waals surface area contributed by atoms with Crippen LogP contribution in [0.3, 0.4) is 0 Å². The first kappa shape index (κ1) is 34.6. The summed E-state index contributed by atoms with van der Waals surface area (Å²) < 4.78 is 5.02. The average molecular weight is 602 g/mol. The van der Waals surface area contributed by atoms with Crippen LogP contribution in [0.25, 0.3) is 10.8 Å². The highest BCUT2D eigenvalue weighted by atomic mass is 16.5. The third kappa shape index (κ3) is 11.7. The number of Topliss-reactive ketones (excluding diaryl/α,β-unsaturated/α-hetero) is 1. The number of nitrogens with zero attached hydrogens (tertiary/aromatic N) is 1. The predicted molar refractivity (Wildman–Crippen MR) is 175 cm³/mol. The molecule has 4 N–H and O–H groups in total. The average Bonchev–Trinajstić information content (AvgIpc) is 2.99. The van der Waals surface area contributed by atoms with E-state index >= 15 is 0 Å². The van der Waals surface area contributed by atoms with Crippen LogP contribution in [0.4, 0.5) is 0 Å². The topological polar surface area (TPSA) is 122 Å². The molecule has 0 aliphatic rings. The molecule has 0 aliphatic heterocycles. The number of likely N-dealkylation sites (N-methyl/N-ethyl adjacent to an activating group) is 1. The van der Waals surface area contributed by atoms with Crippen LogP contribution >= 0.6 is 0 Å². The van der Waals surface area contributed by atoms with Crippen molar-refractivity contribution in [3.05, 3.63) is 96.1 Å². The fourth-order valence-electron chi connectivity index (χ4n) is 5.06. The van der Waals surface area contributed by atoms with E-state index in [-0.39, 0.29) is 30.8 Å². The van der Waals surface area contributed by atoms with Gasteiger partial charge in [0.05, 0.1) is 25.3 Å². The van der Waals surface area contributed by atoms with Crippen LogP contribution in [0, 0.1) is 0 Å². The number of nitrogens with one attached hydrogen (secondary N) is 1. The number of aliphatic hydroxyl groups is 1. The van der Waals surface area contributed by atoms with Crippen LogP contribution in [0.15, 0.2) is 84.9 Å². The van der Waals surface area contributed by atoms with Crippen molar-refractivity contribution in [2.45, 2.75) is 76.6 Å². The smallest absolute Gasteiger partial charge is 0.302 e. The normalized spacial score (nSPS) is 13.9. The molecule has 0 bridgehead atoms. The molecule has 3 aromatic rings. The second-order valence-corrected chi connectivity index (χ2v) is 12.1. The molecule has 1 amide bonds. The number of carbonyl (C=O) groups excluding carboxylic acids is 3. The number of amides is 1. The molecule has 8 nitrogen and oxygen atoms in total. The van der Waals surface area contributed by atoms with Gasteiger partial charge in [0.1, 0.15) is 0 Å². The molecule has 236 valence electrons. The number of fused-ring (bicyclic) bond motifs is 1. The number of esters is 1. The van der Waals surface area contributed by atoms with Gasteiger partial charge in [-0.25, -0.2) is 0 Å². The minimum atomic E-state index is -0.778. The standard InChI is InChI=1S/C36H47N3O5/c1-26(40)44-21-11-16-33(41)31(23-27-12-6-5-7-13-27)38-25-34(42)32(39(4)35(43)17-10-20-36(2,3)37)24-28-18-19-29-14-8-9-15-30(29)22-28/h5-10,12-15,17-19,22,31-33,38,41H,11,16,20-21,23-25,37H2,1-4H3/t31-,32-,33?/m1/s1. The highest BCUT2D eigenvalue weighted by Crippen LogP contribution is 2.19. The van der Waals surface area contributed by atoms with Gasteiger partial charge in [0.2, 0.25) is 5.91 Å². The van der Waals surface area contributed by atoms with Crippen LogP contribution in [0.1, 0.15) is 51.2 Å². The van der Waals surface area contributed by atoms with Crippen molar-refractivity contribution in [1.82, 2.24) is 10.2 Å². The third-order valence-electron chi connectivity index (χ3n) is 7.59. The van der Waals surface area contributed by atoms with E-state index in [1.165, 1.54) is 17.9 Å². The number of ether oxygens (including phenoxy) is 1. The molecular formula is C36H47N3O5. The molecule has 3 aromatic carbocycles. The molecule has 1 unspecified atom stereocenters. The number of aliphatic hydroxyl groups excluding tert-OH is 1. The summed E-state index contributed by atoms with van der Waals surface area (Å²) >= 11 is 0. The van der Waals surface area contributed by atoms with Crippen molar-refractivity contribution in [3.8, 4) is 0 Å². The monoisotopic (exact) mass is 601 g/mol. The van der Waals surface area contributed by atoms with Crippen molar-refractivity contribution in [3.63, 3.8) is 0 Å².